The number of anilines is 4. The fraction of sp³-hybridized carbons (Fsp3) is 0.140. The summed E-state index contributed by atoms with van der Waals surface area (Å²) < 4.78 is 123. The van der Waals surface area contributed by atoms with Crippen LogP contribution in [0, 0.1) is 11.6 Å². The molecule has 8 aromatic rings. The number of rotatable bonds is 12. The zero-order chi connectivity index (χ0) is 50.5. The van der Waals surface area contributed by atoms with Gasteiger partial charge in [0.2, 0.25) is 23.7 Å². The van der Waals surface area contributed by atoms with E-state index in [4.69, 9.17) is 37.4 Å². The Morgan fingerprint density at radius 1 is 0.643 bits per heavy atom. The van der Waals surface area contributed by atoms with Gasteiger partial charge in [-0.25, -0.2) is 42.9 Å². The summed E-state index contributed by atoms with van der Waals surface area (Å²) in [5, 5.41) is 22.1. The van der Waals surface area contributed by atoms with Crippen LogP contribution >= 0.6 is 23.2 Å². The average molecular weight is 1020 g/mol. The van der Waals surface area contributed by atoms with Gasteiger partial charge in [-0.3, -0.25) is 0 Å². The molecule has 2 aromatic carbocycles. The van der Waals surface area contributed by atoms with E-state index in [-0.39, 0.29) is 74.2 Å². The number of aromatic nitrogens is 10. The zero-order valence-corrected chi connectivity index (χ0v) is 37.3. The molecule has 0 amide bonds. The molecule has 0 fully saturated rings. The maximum absolute atomic E-state index is 13.5. The Morgan fingerprint density at radius 3 is 1.50 bits per heavy atom. The molecule has 8 rings (SSSR count). The number of carbonyl (C=O) groups is 1. The number of hydrogen-bond acceptors (Lipinski definition) is 15. The Labute approximate surface area is 398 Å². The number of pyridine rings is 2. The fourth-order valence-corrected chi connectivity index (χ4v) is 6.54. The molecule has 0 radical (unpaired) electrons. The van der Waals surface area contributed by atoms with E-state index < -0.39 is 41.3 Å². The normalized spacial score (nSPS) is 11.4. The first-order valence-corrected chi connectivity index (χ1v) is 20.3. The van der Waals surface area contributed by atoms with E-state index in [1.807, 2.05) is 0 Å². The van der Waals surface area contributed by atoms with Crippen molar-refractivity contribution >= 4 is 52.4 Å². The van der Waals surface area contributed by atoms with Gasteiger partial charge in [-0.15, -0.1) is 0 Å². The summed E-state index contributed by atoms with van der Waals surface area (Å²) in [5.41, 5.74) is -0.0960. The maximum atomic E-state index is 13.5. The number of nitrogens with zero attached hydrogens (tertiary/aromatic N) is 10. The Kier molecular flexibility index (Phi) is 14.7. The zero-order valence-electron chi connectivity index (χ0n) is 35.8. The van der Waals surface area contributed by atoms with Crippen molar-refractivity contribution in [2.75, 3.05) is 32.0 Å². The van der Waals surface area contributed by atoms with E-state index in [1.54, 1.807) is 6.07 Å². The minimum absolute atomic E-state index is 0.00272. The Balaban J connectivity index is 0.000000207. The predicted octanol–water partition coefficient (Wildman–Crippen LogP) is 9.85. The molecule has 0 aliphatic carbocycles. The largest absolute Gasteiger partial charge is 0.481 e. The first-order chi connectivity index (χ1) is 33.3. The van der Waals surface area contributed by atoms with Gasteiger partial charge in [-0.1, -0.05) is 23.2 Å². The Bertz CT molecular complexity index is 3210. The molecule has 70 heavy (non-hydrogen) atoms. The molecule has 0 saturated heterocycles. The number of carbonyl (C=O) groups excluding carboxylic acids is 1. The van der Waals surface area contributed by atoms with Crippen LogP contribution in [0.4, 0.5) is 58.4 Å². The van der Waals surface area contributed by atoms with Crippen LogP contribution in [-0.2, 0) is 23.7 Å². The third-order valence-electron chi connectivity index (χ3n) is 9.44. The average Bonchev–Trinajstić information content (AvgIpc) is 4.06. The lowest BCUT2D eigenvalue weighted by molar-refractivity contribution is -0.142. The molecule has 17 nitrogen and oxygen atoms in total. The molecule has 0 aliphatic rings. The number of ether oxygens (including phenoxy) is 3. The van der Waals surface area contributed by atoms with E-state index >= 15 is 0 Å². The van der Waals surface area contributed by atoms with Crippen LogP contribution in [0.5, 0.6) is 11.8 Å². The van der Waals surface area contributed by atoms with Gasteiger partial charge in [0.15, 0.2) is 23.0 Å². The van der Waals surface area contributed by atoms with E-state index in [2.05, 4.69) is 50.7 Å². The highest BCUT2D eigenvalue weighted by atomic mass is 35.5. The molecule has 0 atom stereocenters. The highest BCUT2D eigenvalue weighted by Crippen LogP contribution is 2.35. The number of alkyl halides is 6. The summed E-state index contributed by atoms with van der Waals surface area (Å²) in [6.45, 7) is -0.384. The second-order valence-corrected chi connectivity index (χ2v) is 14.8. The fourth-order valence-electron chi connectivity index (χ4n) is 6.18. The predicted molar refractivity (Wildman–Crippen MR) is 235 cm³/mol. The van der Waals surface area contributed by atoms with Crippen LogP contribution in [-0.4, -0.2) is 81.9 Å². The summed E-state index contributed by atoms with van der Waals surface area (Å²) in [5.74, 6) is -1.94. The molecule has 362 valence electrons. The lowest BCUT2D eigenvalue weighted by Gasteiger charge is -2.13. The van der Waals surface area contributed by atoms with Crippen molar-refractivity contribution < 1.29 is 59.2 Å². The van der Waals surface area contributed by atoms with Gasteiger partial charge in [0.25, 0.3) is 0 Å². The van der Waals surface area contributed by atoms with Crippen LogP contribution < -0.4 is 20.1 Å². The number of nitrogens with one attached hydrogen (secondary N) is 2. The number of esters is 1. The molecular formula is C43H30Cl2F8N12O5. The van der Waals surface area contributed by atoms with Crippen molar-refractivity contribution in [3.05, 3.63) is 142 Å². The molecule has 0 bridgehead atoms. The van der Waals surface area contributed by atoms with Crippen molar-refractivity contribution in [2.24, 2.45) is 0 Å². The number of benzene rings is 2. The Morgan fingerprint density at radius 2 is 1.10 bits per heavy atom. The topological polar surface area (TPSA) is 202 Å². The lowest BCUT2D eigenvalue weighted by Crippen LogP contribution is -2.10. The van der Waals surface area contributed by atoms with Crippen molar-refractivity contribution in [2.45, 2.75) is 19.0 Å². The molecule has 6 aromatic heterocycles. The number of hydrogen-bond donors (Lipinski definition) is 3. The van der Waals surface area contributed by atoms with Gasteiger partial charge in [-0.05, 0) is 60.7 Å². The SMILES string of the molecule is COC(=O)c1cc(-c2cnc(Nc3ccc(F)c(Cl)c3)nc2-n2ccc(C(F)(F)F)n2)cnc1OC.COc1ncc(-c2cnc(Nc3ccc(F)c(Cl)c3)nc2-n2ccc(C(F)(F)F)n2)cc1CO. The van der Waals surface area contributed by atoms with Crippen LogP contribution in [0.3, 0.4) is 0 Å². The molecule has 3 N–H and O–H groups in total. The van der Waals surface area contributed by atoms with Crippen LogP contribution in [0.1, 0.15) is 27.3 Å². The second-order valence-electron chi connectivity index (χ2n) is 14.0. The van der Waals surface area contributed by atoms with Gasteiger partial charge in [-0.2, -0.15) is 46.5 Å². The quantitative estimate of drug-likeness (QED) is 0.0770. The second kappa shape index (κ2) is 20.7. The van der Waals surface area contributed by atoms with Gasteiger partial charge in [0.1, 0.15) is 17.2 Å². The van der Waals surface area contributed by atoms with E-state index in [1.165, 1.54) is 76.4 Å². The Hall–Kier alpha value is -8.03. The first kappa shape index (κ1) is 49.9. The van der Waals surface area contributed by atoms with Gasteiger partial charge in [0, 0.05) is 76.4 Å². The maximum Gasteiger partial charge on any atom is 0.435 e. The summed E-state index contributed by atoms with van der Waals surface area (Å²) in [6.07, 6.45) is -1.77. The van der Waals surface area contributed by atoms with Crippen molar-refractivity contribution in [3.8, 4) is 45.6 Å². The third-order valence-corrected chi connectivity index (χ3v) is 10.0. The van der Waals surface area contributed by atoms with Gasteiger partial charge < -0.3 is 30.0 Å². The number of methoxy groups -OCH3 is 3. The molecule has 0 saturated carbocycles. The van der Waals surface area contributed by atoms with Gasteiger partial charge in [0.05, 0.1) is 38.0 Å². The van der Waals surface area contributed by atoms with E-state index in [9.17, 15) is 45.0 Å². The van der Waals surface area contributed by atoms with Crippen molar-refractivity contribution in [1.29, 1.82) is 0 Å². The summed E-state index contributed by atoms with van der Waals surface area (Å²) in [6, 6.07) is 12.2. The minimum Gasteiger partial charge on any atom is -0.481 e. The highest BCUT2D eigenvalue weighted by molar-refractivity contribution is 6.31. The molecule has 0 unspecified atom stereocenters. The van der Waals surface area contributed by atoms with Crippen molar-refractivity contribution in [3.63, 3.8) is 0 Å². The molecule has 0 aliphatic heterocycles. The standard InChI is InChI=1S/C22H15ClF4N6O3.C21H15ClF4N6O2/c1-35-19-13(20(34)36-2)7-11(9-28-19)14-10-29-21(30-12-3-4-16(24)15(23)8-12)31-18(14)33-6-5-17(32-33)22(25,26)27;1-34-19-12(10-33)6-11(8-27-19)14-9-28-20(29-13-2-3-16(23)15(22)7-13)30-18(14)32-5-4-17(31-32)21(24,25)26/h3-10H,1-2H3,(H,29,30,31);2-9,33H,10H2,1H3,(H,28,29,30). The van der Waals surface area contributed by atoms with Gasteiger partial charge >= 0.3 is 18.3 Å². The van der Waals surface area contributed by atoms with Crippen molar-refractivity contribution in [1.82, 2.24) is 49.5 Å². The summed E-state index contributed by atoms with van der Waals surface area (Å²) in [4.78, 5) is 37.4. The monoisotopic (exact) mass is 1020 g/mol. The molecule has 6 heterocycles. The van der Waals surface area contributed by atoms with E-state index in [0.29, 0.717) is 22.5 Å². The first-order valence-electron chi connectivity index (χ1n) is 19.5. The smallest absolute Gasteiger partial charge is 0.435 e. The molecule has 0 spiro atoms. The highest BCUT2D eigenvalue weighted by Gasteiger charge is 2.35. The third kappa shape index (κ3) is 11.3. The minimum atomic E-state index is -4.69. The summed E-state index contributed by atoms with van der Waals surface area (Å²) in [7, 11) is 3.88. The number of halogens is 10. The lowest BCUT2D eigenvalue weighted by atomic mass is 10.1. The van der Waals surface area contributed by atoms with Crippen LogP contribution in [0.15, 0.2) is 97.8 Å². The number of aliphatic hydroxyl groups is 1. The molecular weight excluding hydrogens is 987 g/mol. The van der Waals surface area contributed by atoms with E-state index in [0.717, 1.165) is 46.0 Å². The van der Waals surface area contributed by atoms with Crippen LogP contribution in [0.25, 0.3) is 33.9 Å². The number of aliphatic hydroxyl groups excluding tert-OH is 1. The van der Waals surface area contributed by atoms with Crippen LogP contribution in [0.2, 0.25) is 10.0 Å². The summed E-state index contributed by atoms with van der Waals surface area (Å²) >= 11 is 11.6. The molecule has 27 heteroatoms.